The summed E-state index contributed by atoms with van der Waals surface area (Å²) < 4.78 is 11.7. The molecule has 1 aliphatic heterocycles. The topological polar surface area (TPSA) is 76.1 Å². The van der Waals surface area contributed by atoms with Crippen molar-refractivity contribution in [3.63, 3.8) is 0 Å². The van der Waals surface area contributed by atoms with Crippen LogP contribution in [-0.2, 0) is 19.1 Å². The van der Waals surface area contributed by atoms with Gasteiger partial charge < -0.3 is 14.6 Å². The van der Waals surface area contributed by atoms with Gasteiger partial charge in [-0.05, 0) is 77.4 Å². The summed E-state index contributed by atoms with van der Waals surface area (Å²) >= 11 is 0. The van der Waals surface area contributed by atoms with Crippen LogP contribution in [0.1, 0.15) is 67.2 Å². The molecular formula is C25H36O5. The van der Waals surface area contributed by atoms with Crippen LogP contribution in [0.2, 0.25) is 0 Å². The van der Waals surface area contributed by atoms with Crippen molar-refractivity contribution in [1.82, 2.24) is 0 Å². The van der Waals surface area contributed by atoms with Crippen LogP contribution in [0.5, 0.6) is 0 Å². The number of ether oxygens (including phenoxy) is 2. The molecule has 166 valence electrons. The van der Waals surface area contributed by atoms with Crippen LogP contribution in [0.25, 0.3) is 0 Å². The number of hydrogen-bond donors (Lipinski definition) is 1. The highest BCUT2D eigenvalue weighted by molar-refractivity contribution is 5.83. The number of aldehydes is 1. The van der Waals surface area contributed by atoms with E-state index in [-0.39, 0.29) is 17.5 Å². The summed E-state index contributed by atoms with van der Waals surface area (Å²) in [7, 11) is 0. The predicted molar refractivity (Wildman–Crippen MR) is 118 cm³/mol. The molecule has 0 bridgehead atoms. The first kappa shape index (κ1) is 24.3. The highest BCUT2D eigenvalue weighted by atomic mass is 16.6. The summed E-state index contributed by atoms with van der Waals surface area (Å²) in [5.41, 5.74) is -0.145. The Morgan fingerprint density at radius 1 is 1.37 bits per heavy atom. The van der Waals surface area contributed by atoms with E-state index < -0.39 is 17.3 Å². The Bertz CT molecular complexity index is 763. The highest BCUT2D eigenvalue weighted by Gasteiger charge is 2.58. The third-order valence-corrected chi connectivity index (χ3v) is 5.65. The van der Waals surface area contributed by atoms with E-state index in [9.17, 15) is 14.7 Å². The van der Waals surface area contributed by atoms with E-state index in [1.807, 2.05) is 39.0 Å². The van der Waals surface area contributed by atoms with Gasteiger partial charge in [0.25, 0.3) is 0 Å². The number of carbonyl (C=O) groups excluding carboxylic acids is 2. The smallest absolute Gasteiger partial charge is 0.331 e. The minimum absolute atomic E-state index is 0.0607. The summed E-state index contributed by atoms with van der Waals surface area (Å²) in [6, 6.07) is 0. The van der Waals surface area contributed by atoms with Crippen molar-refractivity contribution in [2.45, 2.75) is 90.6 Å². The Balaban J connectivity index is 2.33. The molecule has 0 aromatic carbocycles. The largest absolute Gasteiger partial charge is 0.452 e. The van der Waals surface area contributed by atoms with E-state index in [4.69, 9.17) is 9.47 Å². The quantitative estimate of drug-likeness (QED) is 0.225. The van der Waals surface area contributed by atoms with E-state index in [1.165, 1.54) is 6.08 Å². The molecule has 0 saturated carbocycles. The van der Waals surface area contributed by atoms with Gasteiger partial charge in [-0.25, -0.2) is 4.79 Å². The molecule has 0 amide bonds. The number of fused-ring (bicyclic) bond motifs is 1. The Labute approximate surface area is 180 Å². The van der Waals surface area contributed by atoms with Crippen molar-refractivity contribution in [2.24, 2.45) is 5.41 Å². The second-order valence-corrected chi connectivity index (χ2v) is 9.78. The van der Waals surface area contributed by atoms with E-state index in [0.29, 0.717) is 25.7 Å². The molecule has 0 spiro atoms. The van der Waals surface area contributed by atoms with Crippen LogP contribution >= 0.6 is 0 Å². The number of esters is 1. The third kappa shape index (κ3) is 7.06. The fourth-order valence-corrected chi connectivity index (χ4v) is 3.64. The van der Waals surface area contributed by atoms with Gasteiger partial charge in [-0.1, -0.05) is 36.8 Å². The molecule has 2 aliphatic rings. The van der Waals surface area contributed by atoms with Crippen molar-refractivity contribution in [3.8, 4) is 0 Å². The number of epoxide rings is 1. The van der Waals surface area contributed by atoms with Gasteiger partial charge in [-0.3, -0.25) is 4.79 Å². The molecule has 1 fully saturated rings. The summed E-state index contributed by atoms with van der Waals surface area (Å²) in [6.07, 6.45) is 14.2. The lowest BCUT2D eigenvalue weighted by molar-refractivity contribution is -0.143. The zero-order chi connectivity index (χ0) is 22.6. The lowest BCUT2D eigenvalue weighted by Crippen LogP contribution is -2.32. The number of carbonyl (C=O) groups is 2. The van der Waals surface area contributed by atoms with Gasteiger partial charge in [0.1, 0.15) is 11.9 Å². The first-order valence-corrected chi connectivity index (χ1v) is 10.6. The minimum atomic E-state index is -0.887. The molecule has 1 saturated heterocycles. The maximum absolute atomic E-state index is 12.3. The molecule has 4 atom stereocenters. The van der Waals surface area contributed by atoms with Gasteiger partial charge >= 0.3 is 5.97 Å². The van der Waals surface area contributed by atoms with Gasteiger partial charge in [0.05, 0.1) is 11.7 Å². The maximum atomic E-state index is 12.3. The number of hydrogen-bond acceptors (Lipinski definition) is 5. The Kier molecular flexibility index (Phi) is 7.64. The standard InChI is InChI=1S/C25H36O5/c1-18(2)16-22(27)29-20-11-15-24(5,13-7-12-23(3,4)28)14-10-19(17-26)8-9-21-25(20,6)30-21/h7,10-12,15-17,20-21,28H,8-9,13-14H2,1-6H3/b12-7+,15-11+,19-10+/t20-,21-,24+,25+/m1/s1. The number of allylic oxidation sites excluding steroid dienone is 5. The molecule has 0 radical (unpaired) electrons. The summed E-state index contributed by atoms with van der Waals surface area (Å²) in [5.74, 6) is -0.384. The number of rotatable bonds is 6. The van der Waals surface area contributed by atoms with Crippen molar-refractivity contribution in [2.75, 3.05) is 0 Å². The fraction of sp³-hybridized carbons (Fsp3) is 0.600. The van der Waals surface area contributed by atoms with Crippen molar-refractivity contribution < 1.29 is 24.2 Å². The lowest BCUT2D eigenvalue weighted by atomic mass is 9.81. The van der Waals surface area contributed by atoms with Crippen LogP contribution in [0, 0.1) is 5.41 Å². The zero-order valence-electron chi connectivity index (χ0n) is 19.1. The predicted octanol–water partition coefficient (Wildman–Crippen LogP) is 4.61. The average molecular weight is 417 g/mol. The molecule has 1 N–H and O–H groups in total. The summed E-state index contributed by atoms with van der Waals surface area (Å²) in [4.78, 5) is 23.8. The molecule has 2 rings (SSSR count). The normalized spacial score (nSPS) is 34.7. The van der Waals surface area contributed by atoms with Gasteiger partial charge in [-0.2, -0.15) is 0 Å². The van der Waals surface area contributed by atoms with Crippen molar-refractivity contribution in [3.05, 3.63) is 47.6 Å². The van der Waals surface area contributed by atoms with E-state index in [2.05, 4.69) is 13.0 Å². The second kappa shape index (κ2) is 9.44. The Hall–Kier alpha value is -1.98. The van der Waals surface area contributed by atoms with Crippen LogP contribution in [0.15, 0.2) is 47.6 Å². The first-order chi connectivity index (χ1) is 13.9. The molecule has 5 heteroatoms. The average Bonchev–Trinajstić information content (AvgIpc) is 3.28. The van der Waals surface area contributed by atoms with Crippen LogP contribution in [0.3, 0.4) is 0 Å². The molecule has 0 aromatic heterocycles. The van der Waals surface area contributed by atoms with Crippen LogP contribution in [0.4, 0.5) is 0 Å². The SMILES string of the molecule is CC(C)=CC(=O)O[C@@H]1/C=C/[C@@](C)(C/C=C/C(C)(C)O)C/C=C(/C=O)CC[C@H]2O[C@@]12C. The molecule has 0 aromatic rings. The molecule has 30 heavy (non-hydrogen) atoms. The zero-order valence-corrected chi connectivity index (χ0v) is 19.1. The summed E-state index contributed by atoms with van der Waals surface area (Å²) in [6.45, 7) is 11.2. The van der Waals surface area contributed by atoms with Gasteiger partial charge in [0.2, 0.25) is 0 Å². The van der Waals surface area contributed by atoms with Crippen molar-refractivity contribution >= 4 is 12.3 Å². The Morgan fingerprint density at radius 2 is 2.07 bits per heavy atom. The van der Waals surface area contributed by atoms with Gasteiger partial charge in [-0.15, -0.1) is 0 Å². The highest BCUT2D eigenvalue weighted by Crippen LogP contribution is 2.45. The van der Waals surface area contributed by atoms with Crippen LogP contribution < -0.4 is 0 Å². The van der Waals surface area contributed by atoms with Gasteiger partial charge in [0.15, 0.2) is 6.10 Å². The minimum Gasteiger partial charge on any atom is -0.452 e. The van der Waals surface area contributed by atoms with Gasteiger partial charge in [0, 0.05) is 6.08 Å². The molecule has 1 aliphatic carbocycles. The lowest BCUT2D eigenvalue weighted by Gasteiger charge is -2.26. The fourth-order valence-electron chi connectivity index (χ4n) is 3.64. The molecular weight excluding hydrogens is 380 g/mol. The second-order valence-electron chi connectivity index (χ2n) is 9.78. The molecule has 1 heterocycles. The maximum Gasteiger partial charge on any atom is 0.331 e. The third-order valence-electron chi connectivity index (χ3n) is 5.65. The Morgan fingerprint density at radius 3 is 2.67 bits per heavy atom. The van der Waals surface area contributed by atoms with E-state index >= 15 is 0 Å². The monoisotopic (exact) mass is 416 g/mol. The first-order valence-electron chi connectivity index (χ1n) is 10.6. The van der Waals surface area contributed by atoms with Crippen molar-refractivity contribution in [1.29, 1.82) is 0 Å². The summed E-state index contributed by atoms with van der Waals surface area (Å²) in [5, 5.41) is 9.98. The van der Waals surface area contributed by atoms with E-state index in [1.54, 1.807) is 19.9 Å². The molecule has 0 unspecified atom stereocenters. The van der Waals surface area contributed by atoms with Crippen LogP contribution in [-0.4, -0.2) is 40.8 Å². The number of aliphatic hydroxyl groups is 1. The van der Waals surface area contributed by atoms with E-state index in [0.717, 1.165) is 17.4 Å². The molecule has 5 nitrogen and oxygen atoms in total.